The molecule has 0 amide bonds. The van der Waals surface area contributed by atoms with Crippen molar-refractivity contribution in [2.24, 2.45) is 0 Å². The summed E-state index contributed by atoms with van der Waals surface area (Å²) in [5.41, 5.74) is 5.87. The lowest BCUT2D eigenvalue weighted by Gasteiger charge is -2.12. The van der Waals surface area contributed by atoms with Crippen LogP contribution in [0.4, 0.5) is 18.9 Å². The molecule has 0 bridgehead atoms. The third-order valence-corrected chi connectivity index (χ3v) is 3.93. The number of hydrogen-bond acceptors (Lipinski definition) is 4. The minimum atomic E-state index is -3.06. The minimum absolute atomic E-state index is 0.133. The van der Waals surface area contributed by atoms with E-state index in [2.05, 4.69) is 4.74 Å². The van der Waals surface area contributed by atoms with E-state index in [1.165, 1.54) is 17.8 Å². The number of anilines is 1. The Morgan fingerprint density at radius 2 is 2.26 bits per heavy atom. The highest BCUT2D eigenvalue weighted by molar-refractivity contribution is 7.99. The van der Waals surface area contributed by atoms with Crippen molar-refractivity contribution in [2.75, 3.05) is 18.1 Å². The normalized spacial score (nSPS) is 19.1. The lowest BCUT2D eigenvalue weighted by molar-refractivity contribution is -0.0523. The van der Waals surface area contributed by atoms with Gasteiger partial charge in [-0.1, -0.05) is 0 Å². The summed E-state index contributed by atoms with van der Waals surface area (Å²) in [5.74, 6) is -0.720. The molecule has 2 N–H and O–H groups in total. The van der Waals surface area contributed by atoms with Crippen molar-refractivity contribution in [3.05, 3.63) is 17.9 Å². The Labute approximate surface area is 113 Å². The molecule has 0 spiro atoms. The maximum Gasteiger partial charge on any atom is 0.387 e. The molecule has 1 aliphatic rings. The van der Waals surface area contributed by atoms with E-state index in [0.717, 1.165) is 25.5 Å². The summed E-state index contributed by atoms with van der Waals surface area (Å²) in [5, 5.41) is 0. The van der Waals surface area contributed by atoms with Crippen LogP contribution in [0, 0.1) is 5.82 Å². The van der Waals surface area contributed by atoms with E-state index in [9.17, 15) is 13.2 Å². The zero-order valence-corrected chi connectivity index (χ0v) is 10.9. The van der Waals surface area contributed by atoms with Crippen molar-refractivity contribution in [2.45, 2.75) is 30.5 Å². The van der Waals surface area contributed by atoms with Crippen LogP contribution in [0.15, 0.2) is 17.0 Å². The van der Waals surface area contributed by atoms with Gasteiger partial charge in [0, 0.05) is 29.0 Å². The van der Waals surface area contributed by atoms with Gasteiger partial charge in [-0.3, -0.25) is 0 Å². The van der Waals surface area contributed by atoms with Crippen LogP contribution in [-0.4, -0.2) is 25.1 Å². The number of benzene rings is 1. The molecular formula is C12H14F3NO2S. The SMILES string of the molecule is Nc1cc(F)c(OC(F)F)cc1SCC1CCCO1. The number of ether oxygens (including phenoxy) is 2. The monoisotopic (exact) mass is 293 g/mol. The molecule has 1 aliphatic heterocycles. The van der Waals surface area contributed by atoms with Gasteiger partial charge >= 0.3 is 6.61 Å². The molecule has 7 heteroatoms. The van der Waals surface area contributed by atoms with Crippen LogP contribution in [0.1, 0.15) is 12.8 Å². The maximum absolute atomic E-state index is 13.4. The Balaban J connectivity index is 2.05. The maximum atomic E-state index is 13.4. The van der Waals surface area contributed by atoms with Crippen molar-refractivity contribution in [1.82, 2.24) is 0 Å². The third-order valence-electron chi connectivity index (χ3n) is 2.73. The number of nitrogens with two attached hydrogens (primary N) is 1. The minimum Gasteiger partial charge on any atom is -0.432 e. The second-order valence-corrected chi connectivity index (χ2v) is 5.21. The van der Waals surface area contributed by atoms with Crippen molar-refractivity contribution in [3.63, 3.8) is 0 Å². The molecule has 1 aromatic rings. The molecule has 0 aromatic heterocycles. The van der Waals surface area contributed by atoms with Crippen LogP contribution in [0.3, 0.4) is 0 Å². The summed E-state index contributed by atoms with van der Waals surface area (Å²) in [6.07, 6.45) is 2.12. The van der Waals surface area contributed by atoms with Crippen LogP contribution < -0.4 is 10.5 Å². The first kappa shape index (κ1) is 14.3. The number of nitrogen functional groups attached to an aromatic ring is 1. The predicted octanol–water partition coefficient (Wildman–Crippen LogP) is 3.28. The average molecular weight is 293 g/mol. The zero-order valence-electron chi connectivity index (χ0n) is 10.1. The summed E-state index contributed by atoms with van der Waals surface area (Å²) < 4.78 is 47.1. The average Bonchev–Trinajstić information content (AvgIpc) is 2.83. The zero-order chi connectivity index (χ0) is 13.8. The first-order chi connectivity index (χ1) is 9.06. The highest BCUT2D eigenvalue weighted by atomic mass is 32.2. The second-order valence-electron chi connectivity index (χ2n) is 4.14. The van der Waals surface area contributed by atoms with E-state index in [1.807, 2.05) is 0 Å². The molecule has 0 aliphatic carbocycles. The standard InChI is InChI=1S/C12H14F3NO2S/c13-8-4-9(16)11(5-10(8)18-12(14)15)19-6-7-2-1-3-17-7/h4-5,7,12H,1-3,6,16H2. The smallest absolute Gasteiger partial charge is 0.387 e. The van der Waals surface area contributed by atoms with E-state index < -0.39 is 18.2 Å². The number of hydrogen-bond donors (Lipinski definition) is 1. The van der Waals surface area contributed by atoms with Crippen molar-refractivity contribution in [3.8, 4) is 5.75 Å². The molecule has 1 heterocycles. The predicted molar refractivity (Wildman–Crippen MR) is 67.1 cm³/mol. The third kappa shape index (κ3) is 3.94. The number of alkyl halides is 2. The van der Waals surface area contributed by atoms with Crippen LogP contribution in [0.25, 0.3) is 0 Å². The van der Waals surface area contributed by atoms with Crippen molar-refractivity contribution >= 4 is 17.4 Å². The van der Waals surface area contributed by atoms with Gasteiger partial charge in [0.25, 0.3) is 0 Å². The largest absolute Gasteiger partial charge is 0.432 e. The van der Waals surface area contributed by atoms with Gasteiger partial charge in [0.2, 0.25) is 0 Å². The fraction of sp³-hybridized carbons (Fsp3) is 0.500. The molecule has 1 aromatic carbocycles. The molecule has 3 nitrogen and oxygen atoms in total. The van der Waals surface area contributed by atoms with Gasteiger partial charge in [-0.05, 0) is 18.9 Å². The van der Waals surface area contributed by atoms with Crippen LogP contribution in [0.2, 0.25) is 0 Å². The van der Waals surface area contributed by atoms with E-state index in [-0.39, 0.29) is 11.8 Å². The van der Waals surface area contributed by atoms with Crippen LogP contribution >= 0.6 is 11.8 Å². The molecule has 1 fully saturated rings. The fourth-order valence-corrected chi connectivity index (χ4v) is 2.86. The Morgan fingerprint density at radius 1 is 1.47 bits per heavy atom. The molecule has 2 rings (SSSR count). The van der Waals surface area contributed by atoms with E-state index in [0.29, 0.717) is 10.6 Å². The van der Waals surface area contributed by atoms with Crippen LogP contribution in [0.5, 0.6) is 5.75 Å². The fourth-order valence-electron chi connectivity index (χ4n) is 1.82. The molecule has 0 saturated carbocycles. The van der Waals surface area contributed by atoms with Crippen LogP contribution in [-0.2, 0) is 4.74 Å². The highest BCUT2D eigenvalue weighted by Crippen LogP contribution is 2.33. The molecule has 1 saturated heterocycles. The molecule has 0 radical (unpaired) electrons. The Morgan fingerprint density at radius 3 is 2.89 bits per heavy atom. The molecule has 1 unspecified atom stereocenters. The highest BCUT2D eigenvalue weighted by Gasteiger charge is 2.18. The summed E-state index contributed by atoms with van der Waals surface area (Å²) in [6, 6.07) is 2.20. The van der Waals surface area contributed by atoms with Gasteiger partial charge in [0.1, 0.15) is 0 Å². The molecule has 106 valence electrons. The lowest BCUT2D eigenvalue weighted by atomic mass is 10.3. The molecule has 19 heavy (non-hydrogen) atoms. The number of rotatable bonds is 5. The van der Waals surface area contributed by atoms with E-state index in [4.69, 9.17) is 10.5 Å². The Bertz CT molecular complexity index is 439. The summed E-state index contributed by atoms with van der Waals surface area (Å²) in [6.45, 7) is -2.32. The summed E-state index contributed by atoms with van der Waals surface area (Å²) in [7, 11) is 0. The number of halogens is 3. The van der Waals surface area contributed by atoms with E-state index >= 15 is 0 Å². The topological polar surface area (TPSA) is 44.5 Å². The van der Waals surface area contributed by atoms with Gasteiger partial charge in [-0.25, -0.2) is 4.39 Å². The molecule has 1 atom stereocenters. The van der Waals surface area contributed by atoms with Gasteiger partial charge in [0.05, 0.1) is 6.10 Å². The first-order valence-corrected chi connectivity index (χ1v) is 6.83. The quantitative estimate of drug-likeness (QED) is 0.668. The Kier molecular flexibility index (Phi) is 4.81. The van der Waals surface area contributed by atoms with Gasteiger partial charge in [0.15, 0.2) is 11.6 Å². The summed E-state index contributed by atoms with van der Waals surface area (Å²) in [4.78, 5) is 0.521. The Hall–Kier alpha value is -1.08. The van der Waals surface area contributed by atoms with Gasteiger partial charge < -0.3 is 15.2 Å². The van der Waals surface area contributed by atoms with Gasteiger partial charge in [-0.2, -0.15) is 8.78 Å². The first-order valence-electron chi connectivity index (χ1n) is 5.84. The van der Waals surface area contributed by atoms with E-state index in [1.54, 1.807) is 0 Å². The van der Waals surface area contributed by atoms with Gasteiger partial charge in [-0.15, -0.1) is 11.8 Å². The number of thioether (sulfide) groups is 1. The molecular weight excluding hydrogens is 279 g/mol. The second kappa shape index (κ2) is 6.38. The lowest BCUT2D eigenvalue weighted by Crippen LogP contribution is -2.08. The van der Waals surface area contributed by atoms with Crippen molar-refractivity contribution in [1.29, 1.82) is 0 Å². The summed E-state index contributed by atoms with van der Waals surface area (Å²) >= 11 is 1.35. The van der Waals surface area contributed by atoms with Crippen molar-refractivity contribution < 1.29 is 22.6 Å².